The van der Waals surface area contributed by atoms with Crippen molar-refractivity contribution < 1.29 is 0 Å². The van der Waals surface area contributed by atoms with E-state index in [0.717, 1.165) is 41.3 Å². The van der Waals surface area contributed by atoms with Crippen molar-refractivity contribution in [3.63, 3.8) is 0 Å². The number of nitrogens with one attached hydrogen (secondary N) is 1. The van der Waals surface area contributed by atoms with Crippen LogP contribution < -0.4 is 4.90 Å². The molecule has 0 unspecified atom stereocenters. The summed E-state index contributed by atoms with van der Waals surface area (Å²) in [5.74, 6) is 0.704. The normalized spacial score (nSPS) is 17.0. The third-order valence-corrected chi connectivity index (χ3v) is 4.71. The van der Waals surface area contributed by atoms with Crippen LogP contribution in [0.2, 0.25) is 0 Å². The molecule has 0 aromatic carbocycles. The molecule has 5 heterocycles. The second-order valence-electron chi connectivity index (χ2n) is 6.23. The molecule has 1 aliphatic heterocycles. The molecular weight excluding hydrogens is 314 g/mol. The fourth-order valence-electron chi connectivity index (χ4n) is 3.54. The third kappa shape index (κ3) is 2.20. The van der Waals surface area contributed by atoms with Crippen LogP contribution in [0.5, 0.6) is 0 Å². The summed E-state index contributed by atoms with van der Waals surface area (Å²) in [5, 5.41) is 4.86. The summed E-state index contributed by atoms with van der Waals surface area (Å²) in [6.07, 6.45) is 6.19. The highest BCUT2D eigenvalue weighted by Gasteiger charge is 2.34. The molecule has 0 bridgehead atoms. The monoisotopic (exact) mass is 331 g/mol. The van der Waals surface area contributed by atoms with E-state index < -0.39 is 0 Å². The number of H-pyrrole nitrogens is 1. The Balaban J connectivity index is 1.70. The number of aryl methyl sites for hydroxylation is 1. The molecule has 0 amide bonds. The van der Waals surface area contributed by atoms with Gasteiger partial charge in [0.1, 0.15) is 6.04 Å². The van der Waals surface area contributed by atoms with Crippen molar-refractivity contribution in [2.24, 2.45) is 0 Å². The van der Waals surface area contributed by atoms with Gasteiger partial charge >= 0.3 is 0 Å². The van der Waals surface area contributed by atoms with Gasteiger partial charge in [0.25, 0.3) is 0 Å². The van der Waals surface area contributed by atoms with Gasteiger partial charge in [-0.25, -0.2) is 19.5 Å². The van der Waals surface area contributed by atoms with E-state index in [1.165, 1.54) is 0 Å². The topological polar surface area (TPSA) is 75.0 Å². The zero-order valence-corrected chi connectivity index (χ0v) is 13.8. The number of pyridine rings is 1. The predicted octanol–water partition coefficient (Wildman–Crippen LogP) is 2.31. The lowest BCUT2D eigenvalue weighted by atomic mass is 10.0. The molecule has 1 N–H and O–H groups in total. The van der Waals surface area contributed by atoms with Gasteiger partial charge in [0, 0.05) is 36.7 Å². The zero-order chi connectivity index (χ0) is 16.8. The SMILES string of the molecule is Cc1cccc2cc([C@@H]3c4nc[nH]c4CCN3c3ncccn3)nn12. The largest absolute Gasteiger partial charge is 0.348 e. The molecule has 0 saturated heterocycles. The number of aromatic amines is 1. The van der Waals surface area contributed by atoms with Crippen LogP contribution in [-0.2, 0) is 6.42 Å². The van der Waals surface area contributed by atoms with Crippen molar-refractivity contribution in [2.45, 2.75) is 19.4 Å². The van der Waals surface area contributed by atoms with E-state index >= 15 is 0 Å². The van der Waals surface area contributed by atoms with Crippen LogP contribution >= 0.6 is 0 Å². The molecule has 1 aliphatic rings. The van der Waals surface area contributed by atoms with Gasteiger partial charge in [-0.3, -0.25) is 0 Å². The summed E-state index contributed by atoms with van der Waals surface area (Å²) >= 11 is 0. The number of hydrogen-bond acceptors (Lipinski definition) is 5. The summed E-state index contributed by atoms with van der Waals surface area (Å²) in [5.41, 5.74) is 5.29. The molecule has 0 saturated carbocycles. The third-order valence-electron chi connectivity index (χ3n) is 4.71. The second kappa shape index (κ2) is 5.41. The fourth-order valence-corrected chi connectivity index (χ4v) is 3.54. The van der Waals surface area contributed by atoms with Crippen LogP contribution in [0.25, 0.3) is 5.52 Å². The van der Waals surface area contributed by atoms with Crippen molar-refractivity contribution >= 4 is 11.5 Å². The Kier molecular flexibility index (Phi) is 3.06. The van der Waals surface area contributed by atoms with Crippen molar-refractivity contribution in [2.75, 3.05) is 11.4 Å². The fraction of sp³-hybridized carbons (Fsp3) is 0.222. The van der Waals surface area contributed by atoms with E-state index in [9.17, 15) is 0 Å². The minimum atomic E-state index is -0.100. The molecule has 0 radical (unpaired) electrons. The van der Waals surface area contributed by atoms with Crippen LogP contribution in [0.15, 0.2) is 49.1 Å². The van der Waals surface area contributed by atoms with Gasteiger partial charge in [0.05, 0.1) is 23.2 Å². The van der Waals surface area contributed by atoms with E-state index in [0.29, 0.717) is 5.95 Å². The van der Waals surface area contributed by atoms with Gasteiger partial charge < -0.3 is 9.88 Å². The van der Waals surface area contributed by atoms with Crippen LogP contribution in [-0.4, -0.2) is 36.1 Å². The zero-order valence-electron chi connectivity index (χ0n) is 13.8. The van der Waals surface area contributed by atoms with E-state index in [1.807, 2.05) is 10.6 Å². The summed E-state index contributed by atoms with van der Waals surface area (Å²) in [7, 11) is 0. The van der Waals surface area contributed by atoms with Crippen molar-refractivity contribution in [1.82, 2.24) is 29.5 Å². The molecule has 0 fully saturated rings. The Morgan fingerprint density at radius 1 is 1.12 bits per heavy atom. The van der Waals surface area contributed by atoms with E-state index in [1.54, 1.807) is 18.7 Å². The van der Waals surface area contributed by atoms with Crippen LogP contribution in [0.3, 0.4) is 0 Å². The average Bonchev–Trinajstić information content (AvgIpc) is 3.29. The maximum Gasteiger partial charge on any atom is 0.226 e. The number of anilines is 1. The first-order valence-electron chi connectivity index (χ1n) is 8.32. The smallest absolute Gasteiger partial charge is 0.226 e. The lowest BCUT2D eigenvalue weighted by Gasteiger charge is -2.33. The first kappa shape index (κ1) is 14.2. The minimum absolute atomic E-state index is 0.100. The molecule has 5 rings (SSSR count). The Labute approximate surface area is 144 Å². The number of imidazole rings is 1. The van der Waals surface area contributed by atoms with Crippen molar-refractivity contribution in [1.29, 1.82) is 0 Å². The number of fused-ring (bicyclic) bond motifs is 2. The minimum Gasteiger partial charge on any atom is -0.348 e. The van der Waals surface area contributed by atoms with E-state index in [2.05, 4.69) is 56.0 Å². The van der Waals surface area contributed by atoms with Crippen molar-refractivity contribution in [3.05, 3.63) is 71.8 Å². The average molecular weight is 331 g/mol. The molecule has 4 aromatic rings. The molecular formula is C18H17N7. The number of aromatic nitrogens is 6. The quantitative estimate of drug-likeness (QED) is 0.610. The van der Waals surface area contributed by atoms with Gasteiger partial charge in [-0.05, 0) is 31.2 Å². The lowest BCUT2D eigenvalue weighted by molar-refractivity contribution is 0.601. The van der Waals surface area contributed by atoms with Crippen LogP contribution in [0.1, 0.15) is 28.8 Å². The maximum absolute atomic E-state index is 4.86. The van der Waals surface area contributed by atoms with Gasteiger partial charge in [0.2, 0.25) is 5.95 Å². The summed E-state index contributed by atoms with van der Waals surface area (Å²) in [6, 6.07) is 10.0. The Hall–Kier alpha value is -3.22. The standard InChI is InChI=1S/C18H17N7/c1-12-4-2-5-13-10-15(23-25(12)13)17-16-14(21-11-22-16)6-9-24(17)18-19-7-3-8-20-18/h2-5,7-8,10-11,17H,6,9H2,1H3,(H,21,22)/t17-/m1/s1. The number of rotatable bonds is 2. The lowest BCUT2D eigenvalue weighted by Crippen LogP contribution is -2.37. The maximum atomic E-state index is 4.86. The molecule has 0 spiro atoms. The van der Waals surface area contributed by atoms with Crippen LogP contribution in [0, 0.1) is 6.92 Å². The summed E-state index contributed by atoms with van der Waals surface area (Å²) < 4.78 is 1.97. The molecule has 124 valence electrons. The van der Waals surface area contributed by atoms with Gasteiger partial charge in [-0.2, -0.15) is 5.10 Å². The second-order valence-corrected chi connectivity index (χ2v) is 6.23. The number of hydrogen-bond donors (Lipinski definition) is 1. The molecule has 0 aliphatic carbocycles. The molecule has 4 aromatic heterocycles. The van der Waals surface area contributed by atoms with Gasteiger partial charge in [-0.1, -0.05) is 6.07 Å². The molecule has 7 heteroatoms. The molecule has 25 heavy (non-hydrogen) atoms. The summed E-state index contributed by atoms with van der Waals surface area (Å²) in [4.78, 5) is 18.9. The van der Waals surface area contributed by atoms with Crippen molar-refractivity contribution in [3.8, 4) is 0 Å². The highest BCUT2D eigenvalue weighted by Crippen LogP contribution is 2.35. The summed E-state index contributed by atoms with van der Waals surface area (Å²) in [6.45, 7) is 2.87. The number of nitrogens with zero attached hydrogens (tertiary/aromatic N) is 6. The van der Waals surface area contributed by atoms with Gasteiger partial charge in [0.15, 0.2) is 0 Å². The Bertz CT molecular complexity index is 1030. The molecule has 1 atom stereocenters. The first-order chi connectivity index (χ1) is 12.3. The highest BCUT2D eigenvalue weighted by atomic mass is 15.3. The predicted molar refractivity (Wildman–Crippen MR) is 93.4 cm³/mol. The van der Waals surface area contributed by atoms with Gasteiger partial charge in [-0.15, -0.1) is 0 Å². The Morgan fingerprint density at radius 2 is 2.00 bits per heavy atom. The first-order valence-corrected chi connectivity index (χ1v) is 8.32. The highest BCUT2D eigenvalue weighted by molar-refractivity contribution is 5.53. The van der Waals surface area contributed by atoms with E-state index in [4.69, 9.17) is 5.10 Å². The molecule has 7 nitrogen and oxygen atoms in total. The van der Waals surface area contributed by atoms with Crippen LogP contribution in [0.4, 0.5) is 5.95 Å². The Morgan fingerprint density at radius 3 is 2.84 bits per heavy atom. The van der Waals surface area contributed by atoms with E-state index in [-0.39, 0.29) is 6.04 Å².